The number of fused-ring (bicyclic) bond motifs is 1. The first-order chi connectivity index (χ1) is 15.7. The lowest BCUT2D eigenvalue weighted by molar-refractivity contribution is 0.0932. The van der Waals surface area contributed by atoms with Gasteiger partial charge in [0, 0.05) is 31.1 Å². The van der Waals surface area contributed by atoms with E-state index < -0.39 is 0 Å². The van der Waals surface area contributed by atoms with Gasteiger partial charge in [-0.1, -0.05) is 66.7 Å². The monoisotopic (exact) mass is 424 g/mol. The molecule has 4 aromatic rings. The van der Waals surface area contributed by atoms with Crippen molar-refractivity contribution < 1.29 is 4.79 Å². The van der Waals surface area contributed by atoms with Gasteiger partial charge in [-0.15, -0.1) is 0 Å². The Hall–Kier alpha value is -3.77. The van der Waals surface area contributed by atoms with Gasteiger partial charge in [-0.25, -0.2) is 0 Å². The fourth-order valence-corrected chi connectivity index (χ4v) is 4.29. The van der Waals surface area contributed by atoms with E-state index in [-0.39, 0.29) is 23.2 Å². The SMILES string of the molecule is O=C(N[C@@H]1CCN(Cc2ccccc2)C1)c1nn(-c2ccccc2)c(=O)c2ccccc12. The summed E-state index contributed by atoms with van der Waals surface area (Å²) in [6.45, 7) is 2.59. The van der Waals surface area contributed by atoms with Crippen molar-refractivity contribution >= 4 is 16.7 Å². The molecule has 1 saturated heterocycles. The standard InChI is InChI=1S/C26H24N4O2/c31-25(27-20-15-16-29(18-20)17-19-9-3-1-4-10-19)24-22-13-7-8-14-23(22)26(32)30(28-24)21-11-5-2-6-12-21/h1-14,20H,15-18H2,(H,27,31)/t20-/m1/s1. The normalized spacial score (nSPS) is 16.3. The molecule has 3 aromatic carbocycles. The van der Waals surface area contributed by atoms with Gasteiger partial charge in [-0.2, -0.15) is 9.78 Å². The molecule has 2 heterocycles. The van der Waals surface area contributed by atoms with Gasteiger partial charge in [0.15, 0.2) is 5.69 Å². The summed E-state index contributed by atoms with van der Waals surface area (Å²) in [6, 6.07) is 26.7. The number of carbonyl (C=O) groups is 1. The third-order valence-electron chi connectivity index (χ3n) is 5.88. The van der Waals surface area contributed by atoms with Crippen LogP contribution in [0.4, 0.5) is 0 Å². The summed E-state index contributed by atoms with van der Waals surface area (Å²) in [5.74, 6) is -0.252. The lowest BCUT2D eigenvalue weighted by atomic mass is 10.1. The van der Waals surface area contributed by atoms with Crippen LogP contribution in [0.3, 0.4) is 0 Å². The molecule has 0 saturated carbocycles. The molecule has 0 aliphatic carbocycles. The number of nitrogens with one attached hydrogen (secondary N) is 1. The van der Waals surface area contributed by atoms with Crippen molar-refractivity contribution in [3.63, 3.8) is 0 Å². The highest BCUT2D eigenvalue weighted by atomic mass is 16.2. The van der Waals surface area contributed by atoms with Crippen LogP contribution in [0.1, 0.15) is 22.5 Å². The third-order valence-corrected chi connectivity index (χ3v) is 5.88. The van der Waals surface area contributed by atoms with Crippen LogP contribution in [-0.2, 0) is 6.54 Å². The van der Waals surface area contributed by atoms with Crippen molar-refractivity contribution in [2.24, 2.45) is 0 Å². The minimum absolute atomic E-state index is 0.0453. The summed E-state index contributed by atoms with van der Waals surface area (Å²) in [4.78, 5) is 28.6. The zero-order chi connectivity index (χ0) is 21.9. The first-order valence-electron chi connectivity index (χ1n) is 10.8. The van der Waals surface area contributed by atoms with Crippen LogP contribution < -0.4 is 10.9 Å². The number of hydrogen-bond acceptors (Lipinski definition) is 4. The minimum Gasteiger partial charge on any atom is -0.347 e. The fourth-order valence-electron chi connectivity index (χ4n) is 4.29. The summed E-state index contributed by atoms with van der Waals surface area (Å²) < 4.78 is 1.31. The molecule has 160 valence electrons. The van der Waals surface area contributed by atoms with E-state index in [0.717, 1.165) is 26.1 Å². The maximum atomic E-state index is 13.3. The summed E-state index contributed by atoms with van der Waals surface area (Å²) >= 11 is 0. The average Bonchev–Trinajstić information content (AvgIpc) is 3.27. The first kappa shape index (κ1) is 20.2. The van der Waals surface area contributed by atoms with Crippen molar-refractivity contribution in [1.82, 2.24) is 20.0 Å². The van der Waals surface area contributed by atoms with Crippen molar-refractivity contribution in [2.45, 2.75) is 19.0 Å². The molecule has 0 radical (unpaired) electrons. The Balaban J connectivity index is 1.40. The van der Waals surface area contributed by atoms with E-state index in [0.29, 0.717) is 16.5 Å². The molecule has 1 fully saturated rings. The van der Waals surface area contributed by atoms with E-state index >= 15 is 0 Å². The molecule has 0 spiro atoms. The Morgan fingerprint density at radius 2 is 1.56 bits per heavy atom. The van der Waals surface area contributed by atoms with Crippen LogP contribution in [-0.4, -0.2) is 39.7 Å². The zero-order valence-electron chi connectivity index (χ0n) is 17.6. The quantitative estimate of drug-likeness (QED) is 0.533. The van der Waals surface area contributed by atoms with Crippen LogP contribution in [0, 0.1) is 0 Å². The van der Waals surface area contributed by atoms with Gasteiger partial charge in [-0.3, -0.25) is 14.5 Å². The molecule has 1 aliphatic rings. The smallest absolute Gasteiger partial charge is 0.279 e. The lowest BCUT2D eigenvalue weighted by Gasteiger charge is -2.17. The Morgan fingerprint density at radius 1 is 0.906 bits per heavy atom. The fraction of sp³-hybridized carbons (Fsp3) is 0.192. The van der Waals surface area contributed by atoms with Crippen molar-refractivity contribution in [1.29, 1.82) is 0 Å². The largest absolute Gasteiger partial charge is 0.347 e. The molecular formula is C26H24N4O2. The molecule has 6 heteroatoms. The second-order valence-electron chi connectivity index (χ2n) is 8.13. The van der Waals surface area contributed by atoms with Crippen LogP contribution in [0.25, 0.3) is 16.5 Å². The van der Waals surface area contributed by atoms with Crippen LogP contribution >= 0.6 is 0 Å². The van der Waals surface area contributed by atoms with Gasteiger partial charge in [0.2, 0.25) is 0 Å². The number of likely N-dealkylation sites (tertiary alicyclic amines) is 1. The van der Waals surface area contributed by atoms with E-state index in [2.05, 4.69) is 27.4 Å². The van der Waals surface area contributed by atoms with Gasteiger partial charge in [0.25, 0.3) is 11.5 Å². The Bertz CT molecular complexity index is 1300. The van der Waals surface area contributed by atoms with Crippen molar-refractivity contribution in [2.75, 3.05) is 13.1 Å². The molecule has 1 aliphatic heterocycles. The van der Waals surface area contributed by atoms with E-state index in [9.17, 15) is 9.59 Å². The topological polar surface area (TPSA) is 67.2 Å². The van der Waals surface area contributed by atoms with Gasteiger partial charge in [-0.05, 0) is 30.2 Å². The second kappa shape index (κ2) is 8.77. The van der Waals surface area contributed by atoms with Gasteiger partial charge in [0.1, 0.15) is 0 Å². The van der Waals surface area contributed by atoms with Crippen molar-refractivity contribution in [3.05, 3.63) is 107 Å². The number of hydrogen-bond donors (Lipinski definition) is 1. The lowest BCUT2D eigenvalue weighted by Crippen LogP contribution is -2.38. The van der Waals surface area contributed by atoms with E-state index in [4.69, 9.17) is 0 Å². The maximum Gasteiger partial charge on any atom is 0.279 e. The third kappa shape index (κ3) is 4.05. The summed E-state index contributed by atoms with van der Waals surface area (Å²) in [5, 5.41) is 8.67. The average molecular weight is 425 g/mol. The number of nitrogens with zero attached hydrogens (tertiary/aromatic N) is 3. The van der Waals surface area contributed by atoms with Gasteiger partial charge < -0.3 is 5.32 Å². The Kier molecular flexibility index (Phi) is 5.52. The molecule has 6 nitrogen and oxygen atoms in total. The van der Waals surface area contributed by atoms with Gasteiger partial charge >= 0.3 is 0 Å². The number of rotatable bonds is 5. The van der Waals surface area contributed by atoms with Crippen LogP contribution in [0.2, 0.25) is 0 Å². The highest BCUT2D eigenvalue weighted by molar-refractivity contribution is 6.05. The Morgan fingerprint density at radius 3 is 2.31 bits per heavy atom. The predicted octanol–water partition coefficient (Wildman–Crippen LogP) is 3.39. The molecule has 0 bridgehead atoms. The summed E-state index contributed by atoms with van der Waals surface area (Å²) in [7, 11) is 0. The molecule has 5 rings (SSSR count). The highest BCUT2D eigenvalue weighted by Gasteiger charge is 2.26. The van der Waals surface area contributed by atoms with Crippen molar-refractivity contribution in [3.8, 4) is 5.69 Å². The van der Waals surface area contributed by atoms with Crippen LogP contribution in [0.5, 0.6) is 0 Å². The van der Waals surface area contributed by atoms with Gasteiger partial charge in [0.05, 0.1) is 11.1 Å². The number of amides is 1. The minimum atomic E-state index is -0.252. The molecule has 1 amide bonds. The molecule has 32 heavy (non-hydrogen) atoms. The zero-order valence-corrected chi connectivity index (χ0v) is 17.6. The Labute approximate surface area is 186 Å². The highest BCUT2D eigenvalue weighted by Crippen LogP contribution is 2.17. The number of carbonyl (C=O) groups excluding carboxylic acids is 1. The summed E-state index contributed by atoms with van der Waals surface area (Å²) in [6.07, 6.45) is 0.884. The molecule has 1 N–H and O–H groups in total. The first-order valence-corrected chi connectivity index (χ1v) is 10.8. The number of benzene rings is 3. The molecular weight excluding hydrogens is 400 g/mol. The van der Waals surface area contributed by atoms with E-state index in [1.165, 1.54) is 10.2 Å². The van der Waals surface area contributed by atoms with Crippen LogP contribution in [0.15, 0.2) is 89.7 Å². The van der Waals surface area contributed by atoms with E-state index in [1.54, 1.807) is 18.2 Å². The predicted molar refractivity (Wildman–Crippen MR) is 125 cm³/mol. The second-order valence-corrected chi connectivity index (χ2v) is 8.13. The maximum absolute atomic E-state index is 13.3. The molecule has 1 aromatic heterocycles. The molecule has 0 unspecified atom stereocenters. The number of para-hydroxylation sites is 1. The molecule has 1 atom stereocenters. The summed E-state index contributed by atoms with van der Waals surface area (Å²) in [5.41, 5.74) is 1.93. The number of aromatic nitrogens is 2. The van der Waals surface area contributed by atoms with E-state index in [1.807, 2.05) is 54.6 Å².